The quantitative estimate of drug-likeness (QED) is 0.438. The Labute approximate surface area is 195 Å². The number of aliphatic hydroxyl groups is 2. The van der Waals surface area contributed by atoms with E-state index in [4.69, 9.17) is 0 Å². The molecule has 3 aliphatic rings. The summed E-state index contributed by atoms with van der Waals surface area (Å²) in [6.07, 6.45) is 4.51. The fourth-order valence-corrected chi connectivity index (χ4v) is 3.90. The third-order valence-corrected chi connectivity index (χ3v) is 5.91. The van der Waals surface area contributed by atoms with Crippen molar-refractivity contribution in [3.05, 3.63) is 47.6 Å². The molecule has 2 atom stereocenters. The first-order valence-corrected chi connectivity index (χ1v) is 11.0. The van der Waals surface area contributed by atoms with Gasteiger partial charge in [-0.05, 0) is 62.1 Å². The van der Waals surface area contributed by atoms with Crippen molar-refractivity contribution in [3.63, 3.8) is 0 Å². The summed E-state index contributed by atoms with van der Waals surface area (Å²) >= 11 is 0. The molecule has 34 heavy (non-hydrogen) atoms. The van der Waals surface area contributed by atoms with Crippen LogP contribution in [0.5, 0.6) is 0 Å². The van der Waals surface area contributed by atoms with Gasteiger partial charge in [-0.2, -0.15) is 0 Å². The third-order valence-electron chi connectivity index (χ3n) is 5.91. The first-order chi connectivity index (χ1) is 16.2. The van der Waals surface area contributed by atoms with Crippen LogP contribution >= 0.6 is 0 Å². The van der Waals surface area contributed by atoms with Gasteiger partial charge in [-0.15, -0.1) is 0 Å². The molecule has 0 spiro atoms. The first-order valence-electron chi connectivity index (χ1n) is 11.0. The van der Waals surface area contributed by atoms with E-state index in [0.717, 1.165) is 24.3 Å². The standard InChI is InChI=1S/C24H26N2O8/c27-17-3-7-19(29)15(13-17)1-5-21(31)23(33)25-9-11-26(12-10-25)24(34)22(32)6-2-16-14-18(28)4-8-20(16)30/h3-4,7-8,13-14,21-22,31-32H,1-2,5-6,9-12H2. The molecule has 0 radical (unpaired) electrons. The number of amides is 2. The molecule has 0 saturated carbocycles. The molecule has 3 rings (SSSR count). The van der Waals surface area contributed by atoms with Crippen LogP contribution in [0.15, 0.2) is 47.6 Å². The summed E-state index contributed by atoms with van der Waals surface area (Å²) in [7, 11) is 0. The molecule has 1 fully saturated rings. The normalized spacial score (nSPS) is 20.3. The smallest absolute Gasteiger partial charge is 0.251 e. The van der Waals surface area contributed by atoms with Crippen molar-refractivity contribution >= 4 is 34.9 Å². The Balaban J connectivity index is 1.43. The molecule has 2 amide bonds. The summed E-state index contributed by atoms with van der Waals surface area (Å²) in [6, 6.07) is 0. The predicted octanol–water partition coefficient (Wildman–Crippen LogP) is -0.792. The molecule has 0 bridgehead atoms. The van der Waals surface area contributed by atoms with E-state index < -0.39 is 24.0 Å². The van der Waals surface area contributed by atoms with Gasteiger partial charge in [-0.25, -0.2) is 0 Å². The molecular formula is C24H26N2O8. The van der Waals surface area contributed by atoms with Gasteiger partial charge < -0.3 is 20.0 Å². The highest BCUT2D eigenvalue weighted by atomic mass is 16.3. The second-order valence-corrected chi connectivity index (χ2v) is 8.30. The van der Waals surface area contributed by atoms with Crippen molar-refractivity contribution in [3.8, 4) is 0 Å². The lowest BCUT2D eigenvalue weighted by molar-refractivity contribution is -0.149. The monoisotopic (exact) mass is 470 g/mol. The number of ketones is 4. The molecule has 2 unspecified atom stereocenters. The van der Waals surface area contributed by atoms with E-state index in [1.165, 1.54) is 22.0 Å². The summed E-state index contributed by atoms with van der Waals surface area (Å²) in [4.78, 5) is 74.2. The minimum Gasteiger partial charge on any atom is -0.383 e. The molecule has 1 aliphatic heterocycles. The van der Waals surface area contributed by atoms with Crippen molar-refractivity contribution in [2.24, 2.45) is 0 Å². The van der Waals surface area contributed by atoms with Crippen molar-refractivity contribution in [2.75, 3.05) is 26.2 Å². The van der Waals surface area contributed by atoms with Crippen LogP contribution in [0.25, 0.3) is 0 Å². The molecule has 0 aromatic heterocycles. The van der Waals surface area contributed by atoms with E-state index in [1.807, 2.05) is 0 Å². The summed E-state index contributed by atoms with van der Waals surface area (Å²) < 4.78 is 0. The van der Waals surface area contributed by atoms with Gasteiger partial charge in [0, 0.05) is 37.3 Å². The van der Waals surface area contributed by atoms with Crippen LogP contribution in [0.1, 0.15) is 25.7 Å². The Hall–Kier alpha value is -3.50. The highest BCUT2D eigenvalue weighted by molar-refractivity contribution is 6.17. The average molecular weight is 470 g/mol. The maximum atomic E-state index is 12.5. The van der Waals surface area contributed by atoms with E-state index in [9.17, 15) is 39.0 Å². The zero-order valence-corrected chi connectivity index (χ0v) is 18.5. The van der Waals surface area contributed by atoms with Gasteiger partial charge in [0.15, 0.2) is 23.1 Å². The van der Waals surface area contributed by atoms with E-state index in [2.05, 4.69) is 0 Å². The zero-order valence-electron chi connectivity index (χ0n) is 18.5. The lowest BCUT2D eigenvalue weighted by Crippen LogP contribution is -2.54. The van der Waals surface area contributed by atoms with Crippen LogP contribution in [0.2, 0.25) is 0 Å². The first kappa shape index (κ1) is 25.1. The minimum absolute atomic E-state index is 0.0123. The highest BCUT2D eigenvalue weighted by Crippen LogP contribution is 2.17. The van der Waals surface area contributed by atoms with Crippen molar-refractivity contribution in [1.29, 1.82) is 0 Å². The Kier molecular flexibility index (Phi) is 8.19. The Bertz CT molecular complexity index is 946. The van der Waals surface area contributed by atoms with E-state index in [1.54, 1.807) is 0 Å². The Morgan fingerprint density at radius 1 is 0.676 bits per heavy atom. The predicted molar refractivity (Wildman–Crippen MR) is 118 cm³/mol. The van der Waals surface area contributed by atoms with Crippen LogP contribution in [0.4, 0.5) is 0 Å². The molecule has 0 aromatic carbocycles. The summed E-state index contributed by atoms with van der Waals surface area (Å²) in [5.41, 5.74) is 0.490. The molecule has 10 nitrogen and oxygen atoms in total. The number of piperazine rings is 1. The number of carbonyl (C=O) groups is 6. The molecule has 0 aromatic rings. The fraction of sp³-hybridized carbons (Fsp3) is 0.417. The van der Waals surface area contributed by atoms with Crippen LogP contribution < -0.4 is 0 Å². The van der Waals surface area contributed by atoms with Crippen LogP contribution in [-0.4, -0.2) is 93.3 Å². The number of aliphatic hydroxyl groups excluding tert-OH is 2. The number of nitrogens with zero attached hydrogens (tertiary/aromatic N) is 2. The van der Waals surface area contributed by atoms with Gasteiger partial charge in [0.05, 0.1) is 0 Å². The molecule has 2 aliphatic carbocycles. The molecule has 1 saturated heterocycles. The molecular weight excluding hydrogens is 444 g/mol. The Morgan fingerprint density at radius 3 is 1.38 bits per heavy atom. The summed E-state index contributed by atoms with van der Waals surface area (Å²) in [6.45, 7) is 0.667. The van der Waals surface area contributed by atoms with Gasteiger partial charge in [0.2, 0.25) is 0 Å². The largest absolute Gasteiger partial charge is 0.383 e. The van der Waals surface area contributed by atoms with Crippen molar-refractivity contribution < 1.29 is 39.0 Å². The molecule has 10 heteroatoms. The number of allylic oxidation sites excluding steroid dienone is 8. The van der Waals surface area contributed by atoms with E-state index >= 15 is 0 Å². The third kappa shape index (κ3) is 6.30. The van der Waals surface area contributed by atoms with Gasteiger partial charge in [0.25, 0.3) is 11.8 Å². The summed E-state index contributed by atoms with van der Waals surface area (Å²) in [5, 5.41) is 20.5. The maximum Gasteiger partial charge on any atom is 0.251 e. The van der Waals surface area contributed by atoms with Crippen molar-refractivity contribution in [1.82, 2.24) is 9.80 Å². The van der Waals surface area contributed by atoms with Crippen LogP contribution in [-0.2, 0) is 28.8 Å². The minimum atomic E-state index is -1.35. The summed E-state index contributed by atoms with van der Waals surface area (Å²) in [5.74, 6) is -2.33. The average Bonchev–Trinajstić information content (AvgIpc) is 2.83. The highest BCUT2D eigenvalue weighted by Gasteiger charge is 2.30. The van der Waals surface area contributed by atoms with Crippen molar-refractivity contribution in [2.45, 2.75) is 37.9 Å². The number of hydrogen-bond donors (Lipinski definition) is 2. The van der Waals surface area contributed by atoms with Crippen LogP contribution in [0.3, 0.4) is 0 Å². The van der Waals surface area contributed by atoms with Gasteiger partial charge >= 0.3 is 0 Å². The molecule has 180 valence electrons. The Morgan fingerprint density at radius 2 is 1.03 bits per heavy atom. The number of rotatable bonds is 8. The SMILES string of the molecule is O=C1C=CC(=O)C(CCC(O)C(=O)N2CCN(C(=O)C(O)CCC3=CC(=O)C=CC3=O)CC2)=C1. The zero-order chi connectivity index (χ0) is 24.8. The number of carbonyl (C=O) groups excluding carboxylic acids is 6. The maximum absolute atomic E-state index is 12.5. The topological polar surface area (TPSA) is 149 Å². The fourth-order valence-electron chi connectivity index (χ4n) is 3.90. The number of hydrogen-bond acceptors (Lipinski definition) is 8. The van der Waals surface area contributed by atoms with E-state index in [0.29, 0.717) is 0 Å². The second-order valence-electron chi connectivity index (χ2n) is 8.30. The lowest BCUT2D eigenvalue weighted by Gasteiger charge is -2.36. The lowest BCUT2D eigenvalue weighted by atomic mass is 9.97. The second kappa shape index (κ2) is 11.1. The van der Waals surface area contributed by atoms with E-state index in [-0.39, 0.29) is 86.1 Å². The van der Waals surface area contributed by atoms with Gasteiger partial charge in [0.1, 0.15) is 12.2 Å². The molecule has 1 heterocycles. The molecule has 2 N–H and O–H groups in total. The van der Waals surface area contributed by atoms with Crippen LogP contribution in [0, 0.1) is 0 Å². The van der Waals surface area contributed by atoms with Gasteiger partial charge in [-0.1, -0.05) is 0 Å². The van der Waals surface area contributed by atoms with Gasteiger partial charge in [-0.3, -0.25) is 28.8 Å².